The van der Waals surface area contributed by atoms with E-state index in [1.54, 1.807) is 0 Å². The summed E-state index contributed by atoms with van der Waals surface area (Å²) >= 11 is 11.9. The third-order valence-corrected chi connectivity index (χ3v) is 3.73. The summed E-state index contributed by atoms with van der Waals surface area (Å²) in [4.78, 5) is 2.24. The topological polar surface area (TPSA) is 12.5 Å². The highest BCUT2D eigenvalue weighted by Gasteiger charge is 2.04. The maximum absolute atomic E-state index is 6.03. The molecular formula is C17H19Cl2NO. The molecule has 0 aromatic heterocycles. The fourth-order valence-electron chi connectivity index (χ4n) is 2.09. The average Bonchev–Trinajstić information content (AvgIpc) is 2.49. The van der Waals surface area contributed by atoms with Crippen LogP contribution in [0.3, 0.4) is 0 Å². The van der Waals surface area contributed by atoms with Crippen molar-refractivity contribution in [2.24, 2.45) is 0 Å². The van der Waals surface area contributed by atoms with E-state index >= 15 is 0 Å². The van der Waals surface area contributed by atoms with Gasteiger partial charge in [-0.3, -0.25) is 0 Å². The highest BCUT2D eigenvalue weighted by atomic mass is 35.5. The number of anilines is 1. The molecule has 0 aliphatic carbocycles. The van der Waals surface area contributed by atoms with E-state index in [1.165, 1.54) is 0 Å². The van der Waals surface area contributed by atoms with E-state index in [2.05, 4.69) is 17.9 Å². The predicted octanol–water partition coefficient (Wildman–Crippen LogP) is 5.04. The van der Waals surface area contributed by atoms with Crippen molar-refractivity contribution in [2.45, 2.75) is 13.5 Å². The van der Waals surface area contributed by atoms with Gasteiger partial charge in [-0.25, -0.2) is 0 Å². The Morgan fingerprint density at radius 1 is 1.00 bits per heavy atom. The summed E-state index contributed by atoms with van der Waals surface area (Å²) in [5.41, 5.74) is 2.25. The van der Waals surface area contributed by atoms with Crippen LogP contribution >= 0.6 is 23.2 Å². The lowest BCUT2D eigenvalue weighted by Crippen LogP contribution is -2.27. The second-order valence-corrected chi connectivity index (χ2v) is 5.61. The van der Waals surface area contributed by atoms with Gasteiger partial charge in [0.15, 0.2) is 0 Å². The van der Waals surface area contributed by atoms with Gasteiger partial charge < -0.3 is 9.64 Å². The Hall–Kier alpha value is -1.22. The molecule has 0 saturated heterocycles. The fourth-order valence-corrected chi connectivity index (χ4v) is 2.40. The third kappa shape index (κ3) is 5.24. The monoisotopic (exact) mass is 323 g/mol. The van der Waals surface area contributed by atoms with Gasteiger partial charge in [0.1, 0.15) is 0 Å². The molecule has 0 heterocycles. The zero-order valence-electron chi connectivity index (χ0n) is 12.1. The van der Waals surface area contributed by atoms with Crippen molar-refractivity contribution in [3.63, 3.8) is 0 Å². The Morgan fingerprint density at radius 3 is 2.43 bits per heavy atom. The molecule has 4 heteroatoms. The molecular weight excluding hydrogens is 305 g/mol. The fraction of sp³-hybridized carbons (Fsp3) is 0.294. The van der Waals surface area contributed by atoms with Crippen LogP contribution in [0.5, 0.6) is 0 Å². The maximum atomic E-state index is 6.03. The lowest BCUT2D eigenvalue weighted by atomic mass is 10.2. The summed E-state index contributed by atoms with van der Waals surface area (Å²) in [7, 11) is 0. The number of nitrogens with zero attached hydrogens (tertiary/aromatic N) is 1. The van der Waals surface area contributed by atoms with Crippen LogP contribution in [0, 0.1) is 0 Å². The van der Waals surface area contributed by atoms with Crippen LogP contribution in [0.1, 0.15) is 12.5 Å². The molecule has 0 bridgehead atoms. The number of rotatable bonds is 7. The quantitative estimate of drug-likeness (QED) is 0.662. The Bertz CT molecular complexity index is 557. The van der Waals surface area contributed by atoms with E-state index in [0.29, 0.717) is 13.2 Å². The van der Waals surface area contributed by atoms with Crippen LogP contribution in [0.4, 0.5) is 5.69 Å². The second kappa shape index (κ2) is 8.28. The van der Waals surface area contributed by atoms with Crippen molar-refractivity contribution >= 4 is 28.9 Å². The Morgan fingerprint density at radius 2 is 1.76 bits per heavy atom. The van der Waals surface area contributed by atoms with Crippen molar-refractivity contribution in [3.8, 4) is 0 Å². The summed E-state index contributed by atoms with van der Waals surface area (Å²) < 4.78 is 5.73. The number of likely N-dealkylation sites (N-methyl/N-ethyl adjacent to an activating group) is 1. The number of ether oxygens (including phenoxy) is 1. The molecule has 2 nitrogen and oxygen atoms in total. The lowest BCUT2D eigenvalue weighted by Gasteiger charge is -2.23. The van der Waals surface area contributed by atoms with Crippen LogP contribution in [0.15, 0.2) is 48.5 Å². The first kappa shape index (κ1) is 16.2. The Balaban J connectivity index is 1.80. The standard InChI is InChI=1S/C17H19Cl2NO/c1-2-20(17-5-3-4-16(19)12-17)10-11-21-13-14-6-8-15(18)9-7-14/h3-9,12H,2,10-11,13H2,1H3. The summed E-state index contributed by atoms with van der Waals surface area (Å²) in [6, 6.07) is 15.6. The average molecular weight is 324 g/mol. The van der Waals surface area contributed by atoms with Crippen molar-refractivity contribution in [1.82, 2.24) is 0 Å². The molecule has 0 fully saturated rings. The molecule has 112 valence electrons. The normalized spacial score (nSPS) is 10.6. The first-order valence-corrected chi connectivity index (χ1v) is 7.77. The van der Waals surface area contributed by atoms with Crippen molar-refractivity contribution in [2.75, 3.05) is 24.6 Å². The summed E-state index contributed by atoms with van der Waals surface area (Å²) in [6.07, 6.45) is 0. The van der Waals surface area contributed by atoms with Crippen LogP contribution in [-0.4, -0.2) is 19.7 Å². The smallest absolute Gasteiger partial charge is 0.0717 e. The van der Waals surface area contributed by atoms with Gasteiger partial charge in [-0.15, -0.1) is 0 Å². The van der Waals surface area contributed by atoms with Crippen LogP contribution < -0.4 is 4.90 Å². The largest absolute Gasteiger partial charge is 0.375 e. The molecule has 0 aliphatic rings. The van der Waals surface area contributed by atoms with Crippen molar-refractivity contribution in [1.29, 1.82) is 0 Å². The summed E-state index contributed by atoms with van der Waals surface area (Å²) in [5, 5.41) is 1.50. The van der Waals surface area contributed by atoms with E-state index in [0.717, 1.165) is 34.4 Å². The molecule has 0 aliphatic heterocycles. The molecule has 2 rings (SSSR count). The second-order valence-electron chi connectivity index (χ2n) is 4.74. The highest BCUT2D eigenvalue weighted by Crippen LogP contribution is 2.19. The minimum Gasteiger partial charge on any atom is -0.375 e. The van der Waals surface area contributed by atoms with Gasteiger partial charge in [0.25, 0.3) is 0 Å². The SMILES string of the molecule is CCN(CCOCc1ccc(Cl)cc1)c1cccc(Cl)c1. The van der Waals surface area contributed by atoms with Gasteiger partial charge in [-0.2, -0.15) is 0 Å². The molecule has 0 atom stereocenters. The van der Waals surface area contributed by atoms with Crippen LogP contribution in [0.25, 0.3) is 0 Å². The van der Waals surface area contributed by atoms with E-state index in [1.807, 2.05) is 42.5 Å². The number of hydrogen-bond donors (Lipinski definition) is 0. The first-order valence-electron chi connectivity index (χ1n) is 7.01. The highest BCUT2D eigenvalue weighted by molar-refractivity contribution is 6.31. The lowest BCUT2D eigenvalue weighted by molar-refractivity contribution is 0.127. The van der Waals surface area contributed by atoms with Gasteiger partial charge >= 0.3 is 0 Å². The zero-order valence-corrected chi connectivity index (χ0v) is 13.6. The van der Waals surface area contributed by atoms with Gasteiger partial charge in [0.05, 0.1) is 13.2 Å². The van der Waals surface area contributed by atoms with Crippen molar-refractivity contribution in [3.05, 3.63) is 64.1 Å². The van der Waals surface area contributed by atoms with Gasteiger partial charge in [0, 0.05) is 28.8 Å². The molecule has 0 amide bonds. The van der Waals surface area contributed by atoms with E-state index < -0.39 is 0 Å². The molecule has 0 N–H and O–H groups in total. The maximum Gasteiger partial charge on any atom is 0.0717 e. The Kier molecular flexibility index (Phi) is 6.37. The van der Waals surface area contributed by atoms with Gasteiger partial charge in [-0.05, 0) is 42.8 Å². The molecule has 0 unspecified atom stereocenters. The Labute approximate surface area is 136 Å². The van der Waals surface area contributed by atoms with Gasteiger partial charge in [-0.1, -0.05) is 41.4 Å². The molecule has 2 aromatic rings. The van der Waals surface area contributed by atoms with Crippen LogP contribution in [-0.2, 0) is 11.3 Å². The van der Waals surface area contributed by atoms with Crippen LogP contribution in [0.2, 0.25) is 10.0 Å². The molecule has 2 aromatic carbocycles. The minimum atomic E-state index is 0.601. The van der Waals surface area contributed by atoms with E-state index in [9.17, 15) is 0 Å². The first-order chi connectivity index (χ1) is 10.2. The molecule has 0 spiro atoms. The van der Waals surface area contributed by atoms with E-state index in [4.69, 9.17) is 27.9 Å². The van der Waals surface area contributed by atoms with Crippen molar-refractivity contribution < 1.29 is 4.74 Å². The number of halogens is 2. The molecule has 0 radical (unpaired) electrons. The molecule has 21 heavy (non-hydrogen) atoms. The number of benzene rings is 2. The number of hydrogen-bond acceptors (Lipinski definition) is 2. The predicted molar refractivity (Wildman–Crippen MR) is 90.4 cm³/mol. The minimum absolute atomic E-state index is 0.601. The molecule has 0 saturated carbocycles. The third-order valence-electron chi connectivity index (χ3n) is 3.24. The zero-order chi connectivity index (χ0) is 15.1. The summed E-state index contributed by atoms with van der Waals surface area (Å²) in [5.74, 6) is 0. The van der Waals surface area contributed by atoms with E-state index in [-0.39, 0.29) is 0 Å². The van der Waals surface area contributed by atoms with Gasteiger partial charge in [0.2, 0.25) is 0 Å². The summed E-state index contributed by atoms with van der Waals surface area (Å²) in [6.45, 7) is 5.16.